The fourth-order valence-electron chi connectivity index (χ4n) is 3.05. The van der Waals surface area contributed by atoms with E-state index in [-0.39, 0.29) is 11.7 Å². The quantitative estimate of drug-likeness (QED) is 0.280. The van der Waals surface area contributed by atoms with E-state index >= 15 is 0 Å². The Morgan fingerprint density at radius 3 is 2.77 bits per heavy atom. The van der Waals surface area contributed by atoms with Crippen molar-refractivity contribution in [2.24, 2.45) is 0 Å². The van der Waals surface area contributed by atoms with Gasteiger partial charge in [0.15, 0.2) is 16.0 Å². The van der Waals surface area contributed by atoms with Crippen LogP contribution in [0.4, 0.5) is 5.13 Å². The second-order valence-electron chi connectivity index (χ2n) is 6.46. The Morgan fingerprint density at radius 2 is 1.94 bits per heavy atom. The van der Waals surface area contributed by atoms with Crippen LogP contribution in [-0.4, -0.2) is 25.8 Å². The number of fused-ring (bicyclic) bond motifs is 1. The molecule has 5 rings (SSSR count). The van der Waals surface area contributed by atoms with E-state index in [9.17, 15) is 4.79 Å². The number of nitrogens with one attached hydrogen (secondary N) is 1. The molecule has 0 aliphatic heterocycles. The maximum atomic E-state index is 13.1. The number of pyridine rings is 1. The predicted molar refractivity (Wildman–Crippen MR) is 121 cm³/mol. The van der Waals surface area contributed by atoms with Crippen LogP contribution >= 0.6 is 23.1 Å². The van der Waals surface area contributed by atoms with Crippen molar-refractivity contribution in [3.63, 3.8) is 0 Å². The lowest BCUT2D eigenvalue weighted by Crippen LogP contribution is -2.12. The van der Waals surface area contributed by atoms with Gasteiger partial charge in [0, 0.05) is 52.4 Å². The van der Waals surface area contributed by atoms with Gasteiger partial charge in [0.05, 0.1) is 5.69 Å². The van der Waals surface area contributed by atoms with Gasteiger partial charge in [-0.15, -0.1) is 11.3 Å². The monoisotopic (exact) mass is 445 g/mol. The molecule has 0 bridgehead atoms. The predicted octanol–water partition coefficient (Wildman–Crippen LogP) is 5.29. The highest BCUT2D eigenvalue weighted by atomic mass is 32.2. The molecule has 0 saturated carbocycles. The highest BCUT2D eigenvalue weighted by Gasteiger charge is 2.22. The number of carbonyl (C=O) groups is 1. The van der Waals surface area contributed by atoms with E-state index in [1.165, 1.54) is 23.1 Å². The fourth-order valence-corrected chi connectivity index (χ4v) is 4.60. The molecule has 1 amide bonds. The molecule has 1 aromatic carbocycles. The highest BCUT2D eigenvalue weighted by Crippen LogP contribution is 2.32. The van der Waals surface area contributed by atoms with E-state index in [1.54, 1.807) is 30.9 Å². The van der Waals surface area contributed by atoms with Crippen LogP contribution in [0.3, 0.4) is 0 Å². The number of para-hydroxylation sites is 1. The number of anilines is 1. The van der Waals surface area contributed by atoms with Crippen molar-refractivity contribution < 1.29 is 9.21 Å². The van der Waals surface area contributed by atoms with Crippen molar-refractivity contribution in [3.8, 4) is 11.3 Å². The van der Waals surface area contributed by atoms with Crippen LogP contribution < -0.4 is 5.32 Å². The number of thiazole rings is 1. The maximum absolute atomic E-state index is 13.1. The van der Waals surface area contributed by atoms with Gasteiger partial charge in [-0.25, -0.2) is 15.0 Å². The standard InChI is InChI=1S/C22H15N5O2S2/c28-20(27-22-26-17(13-31-22)14-5-3-8-23-11-14)19-16(12-30-21-24-9-4-10-25-21)15-6-1-2-7-18(15)29-19/h1-11,13H,12H2,(H,26,27,28). The number of hydrogen-bond donors (Lipinski definition) is 1. The van der Waals surface area contributed by atoms with E-state index < -0.39 is 0 Å². The summed E-state index contributed by atoms with van der Waals surface area (Å²) in [6.45, 7) is 0. The normalized spacial score (nSPS) is 11.0. The topological polar surface area (TPSA) is 93.8 Å². The SMILES string of the molecule is O=C(Nc1nc(-c2cccnc2)cs1)c1oc2ccccc2c1CSc1ncccn1. The Kier molecular flexibility index (Phi) is 5.42. The summed E-state index contributed by atoms with van der Waals surface area (Å²) < 4.78 is 5.91. The van der Waals surface area contributed by atoms with Crippen molar-refractivity contribution >= 4 is 45.1 Å². The van der Waals surface area contributed by atoms with Crippen molar-refractivity contribution in [2.45, 2.75) is 10.9 Å². The van der Waals surface area contributed by atoms with Crippen LogP contribution in [0.25, 0.3) is 22.2 Å². The molecule has 1 N–H and O–H groups in total. The van der Waals surface area contributed by atoms with Gasteiger partial charge < -0.3 is 4.42 Å². The van der Waals surface area contributed by atoms with Gasteiger partial charge in [-0.05, 0) is 24.3 Å². The van der Waals surface area contributed by atoms with Crippen LogP contribution in [0.1, 0.15) is 16.1 Å². The molecule has 0 spiro atoms. The van der Waals surface area contributed by atoms with Gasteiger partial charge in [-0.2, -0.15) is 0 Å². The molecule has 0 unspecified atom stereocenters. The van der Waals surface area contributed by atoms with Crippen LogP contribution in [0.5, 0.6) is 0 Å². The summed E-state index contributed by atoms with van der Waals surface area (Å²) in [5, 5.41) is 6.77. The van der Waals surface area contributed by atoms with Gasteiger partial charge >= 0.3 is 0 Å². The molecule has 152 valence electrons. The molecule has 4 heterocycles. The molecular formula is C22H15N5O2S2. The minimum Gasteiger partial charge on any atom is -0.451 e. The van der Waals surface area contributed by atoms with Crippen molar-refractivity contribution in [3.05, 3.63) is 84.0 Å². The number of amides is 1. The van der Waals surface area contributed by atoms with Crippen molar-refractivity contribution in [2.75, 3.05) is 5.32 Å². The lowest BCUT2D eigenvalue weighted by molar-refractivity contribution is 0.0998. The van der Waals surface area contributed by atoms with Gasteiger partial charge in [0.2, 0.25) is 0 Å². The first-order valence-corrected chi connectivity index (χ1v) is 11.2. The number of nitrogens with zero attached hydrogens (tertiary/aromatic N) is 4. The number of hydrogen-bond acceptors (Lipinski definition) is 8. The minimum absolute atomic E-state index is 0.266. The Labute approximate surface area is 185 Å². The third kappa shape index (κ3) is 4.18. The summed E-state index contributed by atoms with van der Waals surface area (Å²) in [6.07, 6.45) is 6.83. The van der Waals surface area contributed by atoms with Crippen LogP contribution in [0.15, 0.2) is 82.2 Å². The lowest BCUT2D eigenvalue weighted by atomic mass is 10.1. The molecule has 4 aromatic heterocycles. The van der Waals surface area contributed by atoms with Crippen molar-refractivity contribution in [1.29, 1.82) is 0 Å². The van der Waals surface area contributed by atoms with E-state index in [1.807, 2.05) is 41.8 Å². The van der Waals surface area contributed by atoms with Gasteiger partial charge in [-0.3, -0.25) is 15.1 Å². The molecule has 0 fully saturated rings. The zero-order chi connectivity index (χ0) is 21.0. The minimum atomic E-state index is -0.340. The zero-order valence-corrected chi connectivity index (χ0v) is 17.7. The zero-order valence-electron chi connectivity index (χ0n) is 16.1. The summed E-state index contributed by atoms with van der Waals surface area (Å²) in [4.78, 5) is 30.2. The summed E-state index contributed by atoms with van der Waals surface area (Å²) in [7, 11) is 0. The Bertz CT molecular complexity index is 1340. The first-order valence-electron chi connectivity index (χ1n) is 9.35. The Hall–Kier alpha value is -3.56. The molecule has 7 nitrogen and oxygen atoms in total. The van der Waals surface area contributed by atoms with Crippen LogP contribution in [0, 0.1) is 0 Å². The number of rotatable bonds is 6. The van der Waals surface area contributed by atoms with E-state index in [4.69, 9.17) is 4.42 Å². The Morgan fingerprint density at radius 1 is 1.06 bits per heavy atom. The molecular weight excluding hydrogens is 430 g/mol. The lowest BCUT2D eigenvalue weighted by Gasteiger charge is -2.03. The molecule has 31 heavy (non-hydrogen) atoms. The van der Waals surface area contributed by atoms with Gasteiger partial charge in [-0.1, -0.05) is 30.0 Å². The molecule has 0 aliphatic carbocycles. The van der Waals surface area contributed by atoms with E-state index in [0.717, 1.165) is 22.2 Å². The average Bonchev–Trinajstić information content (AvgIpc) is 3.44. The largest absolute Gasteiger partial charge is 0.451 e. The third-order valence-corrected chi connectivity index (χ3v) is 6.13. The molecule has 5 aromatic rings. The first kappa shape index (κ1) is 19.4. The summed E-state index contributed by atoms with van der Waals surface area (Å²) >= 11 is 2.80. The van der Waals surface area contributed by atoms with Gasteiger partial charge in [0.25, 0.3) is 5.91 Å². The van der Waals surface area contributed by atoms with E-state index in [2.05, 4.69) is 25.3 Å². The number of thioether (sulfide) groups is 1. The second kappa shape index (κ2) is 8.66. The maximum Gasteiger partial charge on any atom is 0.293 e. The number of benzene rings is 1. The second-order valence-corrected chi connectivity index (χ2v) is 8.26. The fraction of sp³-hybridized carbons (Fsp3) is 0.0455. The summed E-state index contributed by atoms with van der Waals surface area (Å²) in [6, 6.07) is 13.1. The van der Waals surface area contributed by atoms with Crippen LogP contribution in [-0.2, 0) is 5.75 Å². The smallest absolute Gasteiger partial charge is 0.293 e. The molecule has 0 saturated heterocycles. The van der Waals surface area contributed by atoms with Crippen LogP contribution in [0.2, 0.25) is 0 Å². The molecule has 0 radical (unpaired) electrons. The first-order chi connectivity index (χ1) is 15.3. The Balaban J connectivity index is 1.41. The molecule has 0 atom stereocenters. The summed E-state index contributed by atoms with van der Waals surface area (Å²) in [5.41, 5.74) is 3.11. The number of aromatic nitrogens is 4. The highest BCUT2D eigenvalue weighted by molar-refractivity contribution is 7.98. The number of furan rings is 1. The number of carbonyl (C=O) groups excluding carboxylic acids is 1. The van der Waals surface area contributed by atoms with Gasteiger partial charge in [0.1, 0.15) is 5.58 Å². The molecule has 0 aliphatic rings. The van der Waals surface area contributed by atoms with E-state index in [0.29, 0.717) is 21.6 Å². The summed E-state index contributed by atoms with van der Waals surface area (Å²) in [5.74, 6) is 0.429. The molecule has 9 heteroatoms. The van der Waals surface area contributed by atoms with Crippen molar-refractivity contribution in [1.82, 2.24) is 19.9 Å². The third-order valence-electron chi connectivity index (χ3n) is 4.47. The average molecular weight is 446 g/mol.